The highest BCUT2D eigenvalue weighted by Crippen LogP contribution is 2.23. The maximum atomic E-state index is 12.2. The zero-order chi connectivity index (χ0) is 14.0. The van der Waals surface area contributed by atoms with Gasteiger partial charge in [-0.25, -0.2) is 4.98 Å². The van der Waals surface area contributed by atoms with Crippen LogP contribution in [0.4, 0.5) is 24.7 Å². The lowest BCUT2D eigenvalue weighted by atomic mass is 10.2. The third-order valence-electron chi connectivity index (χ3n) is 2.82. The van der Waals surface area contributed by atoms with Gasteiger partial charge in [0.05, 0.1) is 11.9 Å². The summed E-state index contributed by atoms with van der Waals surface area (Å²) in [5.74, 6) is 0.515. The van der Waals surface area contributed by atoms with Crippen LogP contribution in [0.5, 0.6) is 0 Å². The van der Waals surface area contributed by atoms with Crippen molar-refractivity contribution >= 4 is 22.4 Å². The fourth-order valence-electron chi connectivity index (χ4n) is 1.75. The number of halogens is 3. The van der Waals surface area contributed by atoms with Gasteiger partial charge in [-0.1, -0.05) is 0 Å². The molecule has 0 bridgehead atoms. The summed E-state index contributed by atoms with van der Waals surface area (Å²) in [4.78, 5) is 5.81. The van der Waals surface area contributed by atoms with E-state index < -0.39 is 12.6 Å². The molecule has 3 nitrogen and oxygen atoms in total. The minimum absolute atomic E-state index is 0.114. The molecule has 0 fully saturated rings. The second kappa shape index (κ2) is 4.95. The summed E-state index contributed by atoms with van der Waals surface area (Å²) in [6, 6.07) is 8.75. The lowest BCUT2D eigenvalue weighted by Crippen LogP contribution is -2.24. The topological polar surface area (TPSA) is 42.1 Å². The van der Waals surface area contributed by atoms with Gasteiger partial charge in [0.2, 0.25) is 0 Å². The van der Waals surface area contributed by atoms with Crippen molar-refractivity contribution in [2.75, 3.05) is 24.2 Å². The molecule has 0 aliphatic rings. The van der Waals surface area contributed by atoms with Gasteiger partial charge in [0.1, 0.15) is 5.82 Å². The van der Waals surface area contributed by atoms with Crippen LogP contribution >= 0.6 is 0 Å². The number of pyridine rings is 1. The number of fused-ring (bicyclic) bond motifs is 1. The molecule has 0 radical (unpaired) electrons. The van der Waals surface area contributed by atoms with E-state index in [1.54, 1.807) is 37.4 Å². The number of hydrogen-bond acceptors (Lipinski definition) is 3. The first-order valence-corrected chi connectivity index (χ1v) is 5.79. The van der Waals surface area contributed by atoms with E-state index in [4.69, 9.17) is 5.73 Å². The zero-order valence-electron chi connectivity index (χ0n) is 10.4. The Hall–Kier alpha value is -1.98. The van der Waals surface area contributed by atoms with Gasteiger partial charge in [-0.15, -0.1) is 0 Å². The van der Waals surface area contributed by atoms with E-state index in [1.807, 2.05) is 0 Å². The number of benzene rings is 1. The molecule has 1 aromatic heterocycles. The van der Waals surface area contributed by atoms with E-state index >= 15 is 0 Å². The Kier molecular flexibility index (Phi) is 3.50. The summed E-state index contributed by atoms with van der Waals surface area (Å²) in [5, 5.41) is 0.868. The Morgan fingerprint density at radius 2 is 1.95 bits per heavy atom. The Bertz CT molecular complexity index is 581. The van der Waals surface area contributed by atoms with Crippen LogP contribution in [0.15, 0.2) is 30.3 Å². The normalized spacial score (nSPS) is 11.8. The molecule has 0 saturated heterocycles. The van der Waals surface area contributed by atoms with Crippen LogP contribution in [0, 0.1) is 0 Å². The fraction of sp³-hybridized carbons (Fsp3) is 0.308. The highest BCUT2D eigenvalue weighted by atomic mass is 19.4. The molecular formula is C13H14F3N3. The van der Waals surface area contributed by atoms with Crippen molar-refractivity contribution in [1.29, 1.82) is 0 Å². The van der Waals surface area contributed by atoms with Crippen LogP contribution in [0.3, 0.4) is 0 Å². The van der Waals surface area contributed by atoms with Crippen molar-refractivity contribution in [2.24, 2.45) is 0 Å². The summed E-state index contributed by atoms with van der Waals surface area (Å²) in [7, 11) is 1.59. The van der Waals surface area contributed by atoms with Crippen molar-refractivity contribution in [2.45, 2.75) is 12.6 Å². The second-order valence-corrected chi connectivity index (χ2v) is 4.41. The molecule has 19 heavy (non-hydrogen) atoms. The van der Waals surface area contributed by atoms with Crippen LogP contribution in [0.25, 0.3) is 10.9 Å². The van der Waals surface area contributed by atoms with Gasteiger partial charge >= 0.3 is 6.18 Å². The van der Waals surface area contributed by atoms with Gasteiger partial charge in [0.25, 0.3) is 0 Å². The van der Waals surface area contributed by atoms with Gasteiger partial charge < -0.3 is 10.6 Å². The molecule has 1 heterocycles. The molecule has 0 unspecified atom stereocenters. The predicted molar refractivity (Wildman–Crippen MR) is 70.1 cm³/mol. The van der Waals surface area contributed by atoms with Gasteiger partial charge in [-0.05, 0) is 30.3 Å². The molecule has 0 atom stereocenters. The minimum atomic E-state index is -4.15. The average Bonchev–Trinajstić information content (AvgIpc) is 2.34. The summed E-state index contributed by atoms with van der Waals surface area (Å²) in [6.07, 6.45) is -5.01. The van der Waals surface area contributed by atoms with Crippen molar-refractivity contribution in [3.05, 3.63) is 30.3 Å². The van der Waals surface area contributed by atoms with Crippen molar-refractivity contribution in [3.63, 3.8) is 0 Å². The Balaban J connectivity index is 2.18. The fourth-order valence-corrected chi connectivity index (χ4v) is 1.75. The number of nitrogens with zero attached hydrogens (tertiary/aromatic N) is 2. The SMILES string of the molecule is CN(CCC(F)(F)F)c1ccc2cc(N)ccc2n1. The van der Waals surface area contributed by atoms with E-state index in [9.17, 15) is 13.2 Å². The van der Waals surface area contributed by atoms with Crippen LogP contribution in [-0.4, -0.2) is 24.8 Å². The quantitative estimate of drug-likeness (QED) is 0.870. The molecule has 0 spiro atoms. The minimum Gasteiger partial charge on any atom is -0.399 e. The lowest BCUT2D eigenvalue weighted by molar-refractivity contribution is -0.132. The highest BCUT2D eigenvalue weighted by Gasteiger charge is 2.27. The molecule has 2 N–H and O–H groups in total. The number of aromatic nitrogens is 1. The lowest BCUT2D eigenvalue weighted by Gasteiger charge is -2.19. The zero-order valence-corrected chi connectivity index (χ0v) is 10.4. The van der Waals surface area contributed by atoms with Gasteiger partial charge in [-0.2, -0.15) is 13.2 Å². The summed E-state index contributed by atoms with van der Waals surface area (Å²) in [6.45, 7) is -0.114. The number of nitrogen functional groups attached to an aromatic ring is 1. The van der Waals surface area contributed by atoms with Gasteiger partial charge in [0, 0.05) is 24.7 Å². The van der Waals surface area contributed by atoms with E-state index in [1.165, 1.54) is 4.90 Å². The Morgan fingerprint density at radius 1 is 1.21 bits per heavy atom. The molecule has 102 valence electrons. The third-order valence-corrected chi connectivity index (χ3v) is 2.82. The smallest absolute Gasteiger partial charge is 0.390 e. The number of alkyl halides is 3. The monoisotopic (exact) mass is 269 g/mol. The van der Waals surface area contributed by atoms with Gasteiger partial charge in [0.15, 0.2) is 0 Å². The maximum Gasteiger partial charge on any atom is 0.390 e. The molecule has 6 heteroatoms. The van der Waals surface area contributed by atoms with Crippen molar-refractivity contribution in [3.8, 4) is 0 Å². The first kappa shape index (κ1) is 13.5. The first-order valence-electron chi connectivity index (χ1n) is 5.79. The largest absolute Gasteiger partial charge is 0.399 e. The van der Waals surface area contributed by atoms with Crippen LogP contribution in [-0.2, 0) is 0 Å². The number of anilines is 2. The number of nitrogens with two attached hydrogens (primary N) is 1. The molecule has 0 amide bonds. The standard InChI is InChI=1S/C13H14F3N3/c1-19(7-6-13(14,15)16)12-5-2-9-8-10(17)3-4-11(9)18-12/h2-5,8H,6-7,17H2,1H3. The molecule has 0 aliphatic heterocycles. The highest BCUT2D eigenvalue weighted by molar-refractivity contribution is 5.83. The summed E-state index contributed by atoms with van der Waals surface area (Å²) < 4.78 is 36.5. The predicted octanol–water partition coefficient (Wildman–Crippen LogP) is 3.21. The molecule has 0 saturated carbocycles. The van der Waals surface area contributed by atoms with E-state index in [2.05, 4.69) is 4.98 Å². The van der Waals surface area contributed by atoms with Crippen LogP contribution in [0.2, 0.25) is 0 Å². The Labute approximate surface area is 108 Å². The maximum absolute atomic E-state index is 12.2. The third kappa shape index (κ3) is 3.49. The summed E-state index contributed by atoms with van der Waals surface area (Å²) >= 11 is 0. The molecular weight excluding hydrogens is 255 g/mol. The number of rotatable bonds is 3. The van der Waals surface area contributed by atoms with E-state index in [0.717, 1.165) is 5.39 Å². The number of hydrogen-bond donors (Lipinski definition) is 1. The first-order chi connectivity index (χ1) is 8.85. The molecule has 1 aromatic carbocycles. The van der Waals surface area contributed by atoms with Crippen molar-refractivity contribution in [1.82, 2.24) is 4.98 Å². The second-order valence-electron chi connectivity index (χ2n) is 4.41. The van der Waals surface area contributed by atoms with E-state index in [-0.39, 0.29) is 6.54 Å². The van der Waals surface area contributed by atoms with Gasteiger partial charge in [-0.3, -0.25) is 0 Å². The summed E-state index contributed by atoms with van der Waals surface area (Å²) in [5.41, 5.74) is 7.00. The van der Waals surface area contributed by atoms with Crippen LogP contribution < -0.4 is 10.6 Å². The average molecular weight is 269 g/mol. The van der Waals surface area contributed by atoms with Crippen molar-refractivity contribution < 1.29 is 13.2 Å². The van der Waals surface area contributed by atoms with Crippen LogP contribution in [0.1, 0.15) is 6.42 Å². The van der Waals surface area contributed by atoms with E-state index in [0.29, 0.717) is 17.0 Å². The Morgan fingerprint density at radius 3 is 2.63 bits per heavy atom. The molecule has 0 aliphatic carbocycles. The molecule has 2 aromatic rings. The molecule has 2 rings (SSSR count).